The van der Waals surface area contributed by atoms with Gasteiger partial charge in [0.25, 0.3) is 5.88 Å². The van der Waals surface area contributed by atoms with Gasteiger partial charge in [0.2, 0.25) is 11.6 Å². The van der Waals surface area contributed by atoms with Gasteiger partial charge >= 0.3 is 0 Å². The molecule has 6 heteroatoms. The van der Waals surface area contributed by atoms with Crippen molar-refractivity contribution in [2.24, 2.45) is 0 Å². The van der Waals surface area contributed by atoms with Crippen molar-refractivity contribution in [2.45, 2.75) is 12.5 Å². The summed E-state index contributed by atoms with van der Waals surface area (Å²) < 4.78 is 5.73. The molecule has 3 rings (SSSR count). The Balaban J connectivity index is 1.58. The molecule has 2 heterocycles. The quantitative estimate of drug-likeness (QED) is 0.806. The number of carbonyl (C=O) groups excluding carboxylic acids is 1. The fraction of sp³-hybridized carbons (Fsp3) is 0.222. The zero-order valence-electron chi connectivity index (χ0n) is 13.0. The molecule has 1 aromatic heterocycles. The van der Waals surface area contributed by atoms with Gasteiger partial charge in [-0.1, -0.05) is 30.3 Å². The van der Waals surface area contributed by atoms with Gasteiger partial charge in [-0.3, -0.25) is 4.79 Å². The van der Waals surface area contributed by atoms with Gasteiger partial charge in [0.1, 0.15) is 12.2 Å². The monoisotopic (exact) mass is 320 g/mol. The van der Waals surface area contributed by atoms with E-state index >= 15 is 0 Å². The highest BCUT2D eigenvalue weighted by molar-refractivity contribution is 5.92. The molecular formula is C18H16N4O2. The maximum atomic E-state index is 12.2. The molecule has 1 aromatic carbocycles. The van der Waals surface area contributed by atoms with Gasteiger partial charge in [0.15, 0.2) is 0 Å². The van der Waals surface area contributed by atoms with E-state index in [9.17, 15) is 4.79 Å². The number of aromatic nitrogens is 2. The lowest BCUT2D eigenvalue weighted by atomic mass is 10.2. The van der Waals surface area contributed by atoms with E-state index in [2.05, 4.69) is 9.97 Å². The highest BCUT2D eigenvalue weighted by Crippen LogP contribution is 2.18. The van der Waals surface area contributed by atoms with Crippen molar-refractivity contribution >= 4 is 12.0 Å². The van der Waals surface area contributed by atoms with Crippen LogP contribution in [0.5, 0.6) is 5.88 Å². The summed E-state index contributed by atoms with van der Waals surface area (Å²) in [5.74, 6) is 0.170. The molecule has 2 aromatic rings. The maximum Gasteiger partial charge on any atom is 0.251 e. The number of carbonyl (C=O) groups is 1. The Bertz CT molecular complexity index is 783. The third-order valence-corrected chi connectivity index (χ3v) is 3.72. The van der Waals surface area contributed by atoms with E-state index in [1.54, 1.807) is 17.1 Å². The molecule has 0 saturated carbocycles. The molecule has 1 aliphatic heterocycles. The summed E-state index contributed by atoms with van der Waals surface area (Å²) >= 11 is 0. The first-order valence-electron chi connectivity index (χ1n) is 7.66. The molecule has 1 amide bonds. The summed E-state index contributed by atoms with van der Waals surface area (Å²) in [6.07, 6.45) is 6.82. The Labute approximate surface area is 140 Å². The summed E-state index contributed by atoms with van der Waals surface area (Å²) in [7, 11) is 0. The lowest BCUT2D eigenvalue weighted by Gasteiger charge is -2.15. The molecule has 0 bridgehead atoms. The van der Waals surface area contributed by atoms with Crippen LogP contribution in [0.1, 0.15) is 17.7 Å². The van der Waals surface area contributed by atoms with Crippen molar-refractivity contribution in [3.05, 3.63) is 60.1 Å². The summed E-state index contributed by atoms with van der Waals surface area (Å²) in [6.45, 7) is 1.09. The van der Waals surface area contributed by atoms with E-state index < -0.39 is 0 Å². The molecule has 1 atom stereocenters. The first-order chi connectivity index (χ1) is 11.8. The van der Waals surface area contributed by atoms with Gasteiger partial charge < -0.3 is 9.64 Å². The number of nitrogens with zero attached hydrogens (tertiary/aromatic N) is 4. The van der Waals surface area contributed by atoms with Crippen LogP contribution in [0.4, 0.5) is 0 Å². The number of hydrogen-bond acceptors (Lipinski definition) is 5. The second-order valence-electron chi connectivity index (χ2n) is 5.38. The van der Waals surface area contributed by atoms with Crippen molar-refractivity contribution < 1.29 is 9.53 Å². The van der Waals surface area contributed by atoms with Crippen molar-refractivity contribution in [3.8, 4) is 11.9 Å². The molecule has 6 nitrogen and oxygen atoms in total. The van der Waals surface area contributed by atoms with Crippen molar-refractivity contribution in [1.82, 2.24) is 14.9 Å². The van der Waals surface area contributed by atoms with E-state index in [1.807, 2.05) is 36.4 Å². The van der Waals surface area contributed by atoms with Crippen LogP contribution in [-0.4, -0.2) is 40.0 Å². The molecule has 120 valence electrons. The molecule has 1 fully saturated rings. The first kappa shape index (κ1) is 15.7. The van der Waals surface area contributed by atoms with Gasteiger partial charge in [0.05, 0.1) is 6.54 Å². The molecule has 0 N–H and O–H groups in total. The fourth-order valence-corrected chi connectivity index (χ4v) is 2.51. The second-order valence-corrected chi connectivity index (χ2v) is 5.38. The number of hydrogen-bond donors (Lipinski definition) is 0. The molecule has 1 saturated heterocycles. The molecule has 1 unspecified atom stereocenters. The average molecular weight is 320 g/mol. The fourth-order valence-electron chi connectivity index (χ4n) is 2.51. The second kappa shape index (κ2) is 7.38. The van der Waals surface area contributed by atoms with Gasteiger partial charge in [-0.05, 0) is 11.6 Å². The molecule has 0 aliphatic carbocycles. The first-order valence-corrected chi connectivity index (χ1v) is 7.66. The number of likely N-dealkylation sites (tertiary alicyclic amines) is 1. The van der Waals surface area contributed by atoms with Crippen LogP contribution < -0.4 is 4.74 Å². The minimum Gasteiger partial charge on any atom is -0.470 e. The zero-order valence-corrected chi connectivity index (χ0v) is 13.0. The number of nitriles is 1. The Morgan fingerprint density at radius 2 is 2.08 bits per heavy atom. The highest BCUT2D eigenvalue weighted by Gasteiger charge is 2.27. The Morgan fingerprint density at radius 1 is 1.29 bits per heavy atom. The van der Waals surface area contributed by atoms with Crippen LogP contribution in [0.25, 0.3) is 6.08 Å². The van der Waals surface area contributed by atoms with E-state index in [0.29, 0.717) is 19.5 Å². The topological polar surface area (TPSA) is 79.1 Å². The zero-order chi connectivity index (χ0) is 16.8. The van der Waals surface area contributed by atoms with Crippen molar-refractivity contribution in [2.75, 3.05) is 13.1 Å². The van der Waals surface area contributed by atoms with Gasteiger partial charge in [-0.2, -0.15) is 5.26 Å². The molecule has 0 radical (unpaired) electrons. The van der Waals surface area contributed by atoms with Gasteiger partial charge in [0, 0.05) is 31.4 Å². The highest BCUT2D eigenvalue weighted by atomic mass is 16.5. The number of ether oxygens (including phenoxy) is 1. The van der Waals surface area contributed by atoms with Gasteiger partial charge in [-0.15, -0.1) is 0 Å². The summed E-state index contributed by atoms with van der Waals surface area (Å²) in [5.41, 5.74) is 1.14. The predicted octanol–water partition coefficient (Wildman–Crippen LogP) is 2.04. The van der Waals surface area contributed by atoms with Gasteiger partial charge in [-0.25, -0.2) is 9.97 Å². The molecule has 24 heavy (non-hydrogen) atoms. The van der Waals surface area contributed by atoms with Crippen LogP contribution in [0.3, 0.4) is 0 Å². The third kappa shape index (κ3) is 3.76. The normalized spacial score (nSPS) is 17.0. The maximum absolute atomic E-state index is 12.2. The van der Waals surface area contributed by atoms with Crippen LogP contribution in [0.2, 0.25) is 0 Å². The predicted molar refractivity (Wildman–Crippen MR) is 87.8 cm³/mol. The summed E-state index contributed by atoms with van der Waals surface area (Å²) in [6, 6.07) is 11.6. The third-order valence-electron chi connectivity index (χ3n) is 3.72. The Morgan fingerprint density at radius 3 is 2.88 bits per heavy atom. The smallest absolute Gasteiger partial charge is 0.251 e. The summed E-state index contributed by atoms with van der Waals surface area (Å²) in [5, 5.41) is 9.00. The molecular weight excluding hydrogens is 304 g/mol. The van der Waals surface area contributed by atoms with Crippen LogP contribution in [0.15, 0.2) is 48.8 Å². The number of benzene rings is 1. The van der Waals surface area contributed by atoms with E-state index in [4.69, 9.17) is 10.00 Å². The number of amides is 1. The van der Waals surface area contributed by atoms with Crippen molar-refractivity contribution in [3.63, 3.8) is 0 Å². The molecule has 1 aliphatic rings. The van der Waals surface area contributed by atoms with E-state index in [-0.39, 0.29) is 23.6 Å². The Kier molecular flexibility index (Phi) is 4.82. The van der Waals surface area contributed by atoms with Crippen LogP contribution >= 0.6 is 0 Å². The lowest BCUT2D eigenvalue weighted by molar-refractivity contribution is -0.125. The minimum atomic E-state index is -0.178. The van der Waals surface area contributed by atoms with Crippen LogP contribution in [-0.2, 0) is 4.79 Å². The van der Waals surface area contributed by atoms with Crippen LogP contribution in [0, 0.1) is 11.3 Å². The average Bonchev–Trinajstić information content (AvgIpc) is 3.10. The lowest BCUT2D eigenvalue weighted by Crippen LogP contribution is -2.29. The molecule has 0 spiro atoms. The standard InChI is InChI=1S/C18H16N4O2/c19-12-16-18(21-10-9-20-16)24-15-8-11-22(13-15)17(23)7-6-14-4-2-1-3-5-14/h1-7,9-10,15H,8,11,13H2. The Hall–Kier alpha value is -3.20. The van der Waals surface area contributed by atoms with Crippen molar-refractivity contribution in [1.29, 1.82) is 5.26 Å². The SMILES string of the molecule is N#Cc1nccnc1OC1CCN(C(=O)C=Cc2ccccc2)C1. The van der Waals surface area contributed by atoms with E-state index in [0.717, 1.165) is 5.56 Å². The minimum absolute atomic E-state index is 0.0513. The van der Waals surface area contributed by atoms with E-state index in [1.165, 1.54) is 12.4 Å². The number of rotatable bonds is 4. The summed E-state index contributed by atoms with van der Waals surface area (Å²) in [4.78, 5) is 21.9. The largest absolute Gasteiger partial charge is 0.470 e.